The van der Waals surface area contributed by atoms with Crippen LogP contribution in [0.5, 0.6) is 5.75 Å². The first-order valence-electron chi connectivity index (χ1n) is 10.3. The Morgan fingerprint density at radius 3 is 2.26 bits per heavy atom. The number of carbonyl (C=O) groups excluding carboxylic acids is 2. The summed E-state index contributed by atoms with van der Waals surface area (Å²) in [5, 5.41) is 13.3. The van der Waals surface area contributed by atoms with Gasteiger partial charge < -0.3 is 24.6 Å². The van der Waals surface area contributed by atoms with Gasteiger partial charge in [0, 0.05) is 0 Å². The number of alkyl carbamates (subject to hydrolysis) is 1. The molecule has 2 atom stereocenters. The number of carbonyl (C=O) groups is 2. The van der Waals surface area contributed by atoms with Gasteiger partial charge in [0.1, 0.15) is 18.0 Å². The van der Waals surface area contributed by atoms with E-state index in [1.165, 1.54) is 0 Å². The van der Waals surface area contributed by atoms with Crippen molar-refractivity contribution in [3.63, 3.8) is 0 Å². The molecule has 0 aromatic heterocycles. The van der Waals surface area contributed by atoms with Gasteiger partial charge >= 0.3 is 12.1 Å². The monoisotopic (exact) mass is 429 g/mol. The van der Waals surface area contributed by atoms with Crippen molar-refractivity contribution in [2.24, 2.45) is 0 Å². The molecule has 2 N–H and O–H groups in total. The van der Waals surface area contributed by atoms with Crippen LogP contribution in [0.1, 0.15) is 51.3 Å². The molecule has 0 aliphatic heterocycles. The van der Waals surface area contributed by atoms with Crippen molar-refractivity contribution in [1.82, 2.24) is 5.32 Å². The lowest BCUT2D eigenvalue weighted by Gasteiger charge is -2.27. The third-order valence-corrected chi connectivity index (χ3v) is 4.23. The molecule has 0 saturated heterocycles. The number of aliphatic hydroxyl groups excluding tert-OH is 1. The van der Waals surface area contributed by atoms with Gasteiger partial charge in [0.05, 0.1) is 25.2 Å². The van der Waals surface area contributed by atoms with Crippen LogP contribution in [0, 0.1) is 0 Å². The third kappa shape index (κ3) is 8.68. The summed E-state index contributed by atoms with van der Waals surface area (Å²) < 4.78 is 16.0. The van der Waals surface area contributed by atoms with Crippen molar-refractivity contribution in [2.75, 3.05) is 6.61 Å². The largest absolute Gasteiger partial charge is 0.489 e. The predicted octanol–water partition coefficient (Wildman–Crippen LogP) is 4.15. The zero-order valence-corrected chi connectivity index (χ0v) is 18.5. The fourth-order valence-corrected chi connectivity index (χ4v) is 2.86. The average molecular weight is 430 g/mol. The van der Waals surface area contributed by atoms with Crippen LogP contribution in [0.25, 0.3) is 0 Å². The number of nitrogens with one attached hydrogen (secondary N) is 1. The van der Waals surface area contributed by atoms with E-state index in [2.05, 4.69) is 5.32 Å². The van der Waals surface area contributed by atoms with Crippen molar-refractivity contribution in [3.8, 4) is 5.75 Å². The molecule has 2 aromatic rings. The minimum absolute atomic E-state index is 0.211. The number of benzene rings is 2. The van der Waals surface area contributed by atoms with Crippen LogP contribution in [-0.2, 0) is 20.9 Å². The average Bonchev–Trinajstić information content (AvgIpc) is 2.70. The van der Waals surface area contributed by atoms with Crippen LogP contribution in [0.3, 0.4) is 0 Å². The predicted molar refractivity (Wildman–Crippen MR) is 117 cm³/mol. The fraction of sp³-hybridized carbons (Fsp3) is 0.417. The van der Waals surface area contributed by atoms with Crippen LogP contribution >= 0.6 is 0 Å². The molecule has 0 aliphatic rings. The molecular formula is C24H31NO6. The highest BCUT2D eigenvalue weighted by Gasteiger charge is 2.28. The maximum atomic E-state index is 12.3. The van der Waals surface area contributed by atoms with E-state index in [-0.39, 0.29) is 13.0 Å². The van der Waals surface area contributed by atoms with E-state index < -0.39 is 29.8 Å². The molecule has 0 spiro atoms. The molecule has 0 heterocycles. The van der Waals surface area contributed by atoms with E-state index in [0.29, 0.717) is 17.9 Å². The Balaban J connectivity index is 2.11. The van der Waals surface area contributed by atoms with E-state index in [1.54, 1.807) is 52.0 Å². The second-order valence-corrected chi connectivity index (χ2v) is 8.04. The Bertz CT molecular complexity index is 829. The number of ether oxygens (including phenoxy) is 3. The number of hydrogen-bond acceptors (Lipinski definition) is 6. The van der Waals surface area contributed by atoms with Gasteiger partial charge in [-0.1, -0.05) is 42.5 Å². The first kappa shape index (κ1) is 24.2. The highest BCUT2D eigenvalue weighted by atomic mass is 16.6. The molecule has 0 fully saturated rings. The van der Waals surface area contributed by atoms with Crippen molar-refractivity contribution >= 4 is 12.1 Å². The van der Waals surface area contributed by atoms with Gasteiger partial charge in [0.2, 0.25) is 0 Å². The molecule has 0 unspecified atom stereocenters. The van der Waals surface area contributed by atoms with Gasteiger partial charge in [-0.25, -0.2) is 4.79 Å². The van der Waals surface area contributed by atoms with Crippen LogP contribution in [0.4, 0.5) is 4.79 Å². The number of esters is 1. The van der Waals surface area contributed by atoms with Gasteiger partial charge in [0.15, 0.2) is 0 Å². The lowest BCUT2D eigenvalue weighted by Crippen LogP contribution is -2.40. The van der Waals surface area contributed by atoms with Gasteiger partial charge in [-0.15, -0.1) is 0 Å². The molecule has 0 saturated carbocycles. The SMILES string of the molecule is CCOC(=O)C[C@@H](O)[C@@H](NC(=O)OC(C)(C)C)c1ccc(OCc2ccccc2)cc1. The Labute approximate surface area is 183 Å². The molecule has 7 nitrogen and oxygen atoms in total. The van der Waals surface area contributed by atoms with Crippen molar-refractivity contribution in [2.45, 2.75) is 58.5 Å². The number of rotatable bonds is 9. The summed E-state index contributed by atoms with van der Waals surface area (Å²) >= 11 is 0. The first-order valence-corrected chi connectivity index (χ1v) is 10.3. The summed E-state index contributed by atoms with van der Waals surface area (Å²) in [5.74, 6) is 0.0947. The van der Waals surface area contributed by atoms with Gasteiger partial charge in [-0.05, 0) is 51.0 Å². The topological polar surface area (TPSA) is 94.1 Å². The second-order valence-electron chi connectivity index (χ2n) is 8.04. The minimum Gasteiger partial charge on any atom is -0.489 e. The Hall–Kier alpha value is -3.06. The first-order chi connectivity index (χ1) is 14.7. The Morgan fingerprint density at radius 2 is 1.68 bits per heavy atom. The zero-order chi connectivity index (χ0) is 22.9. The molecule has 0 bridgehead atoms. The molecule has 0 radical (unpaired) electrons. The number of aliphatic hydroxyl groups is 1. The molecule has 1 amide bonds. The molecule has 168 valence electrons. The van der Waals surface area contributed by atoms with Crippen molar-refractivity contribution in [1.29, 1.82) is 0 Å². The molecular weight excluding hydrogens is 398 g/mol. The maximum absolute atomic E-state index is 12.3. The van der Waals surface area contributed by atoms with E-state index in [1.807, 2.05) is 30.3 Å². The molecule has 7 heteroatoms. The normalized spacial score (nSPS) is 13.1. The number of amides is 1. The molecule has 0 aliphatic carbocycles. The zero-order valence-electron chi connectivity index (χ0n) is 18.5. The molecule has 2 rings (SSSR count). The Kier molecular flexibility index (Phi) is 8.88. The van der Waals surface area contributed by atoms with Crippen LogP contribution in [0.2, 0.25) is 0 Å². The highest BCUT2D eigenvalue weighted by Crippen LogP contribution is 2.24. The van der Waals surface area contributed by atoms with Crippen molar-refractivity contribution < 1.29 is 28.9 Å². The summed E-state index contributed by atoms with van der Waals surface area (Å²) in [6, 6.07) is 15.9. The quantitative estimate of drug-likeness (QED) is 0.582. The maximum Gasteiger partial charge on any atom is 0.408 e. The van der Waals surface area contributed by atoms with Gasteiger partial charge in [0.25, 0.3) is 0 Å². The Morgan fingerprint density at radius 1 is 1.03 bits per heavy atom. The molecule has 2 aromatic carbocycles. The van der Waals surface area contributed by atoms with Crippen LogP contribution < -0.4 is 10.1 Å². The van der Waals surface area contributed by atoms with E-state index >= 15 is 0 Å². The lowest BCUT2D eigenvalue weighted by molar-refractivity contribution is -0.145. The fourth-order valence-electron chi connectivity index (χ4n) is 2.86. The smallest absolute Gasteiger partial charge is 0.408 e. The standard InChI is InChI=1S/C24H31NO6/c1-5-29-21(27)15-20(26)22(25-23(28)31-24(2,3)4)18-11-13-19(14-12-18)30-16-17-9-7-6-8-10-17/h6-14,20,22,26H,5,15-16H2,1-4H3,(H,25,28)/t20-,22+/m1/s1. The third-order valence-electron chi connectivity index (χ3n) is 4.23. The van der Waals surface area contributed by atoms with Crippen molar-refractivity contribution in [3.05, 3.63) is 65.7 Å². The summed E-state index contributed by atoms with van der Waals surface area (Å²) in [5.41, 5.74) is 0.950. The van der Waals surface area contributed by atoms with E-state index in [0.717, 1.165) is 5.56 Å². The summed E-state index contributed by atoms with van der Waals surface area (Å²) in [4.78, 5) is 24.1. The van der Waals surface area contributed by atoms with Crippen LogP contribution in [0.15, 0.2) is 54.6 Å². The summed E-state index contributed by atoms with van der Waals surface area (Å²) in [6.45, 7) is 7.56. The van der Waals surface area contributed by atoms with Gasteiger partial charge in [-0.3, -0.25) is 4.79 Å². The highest BCUT2D eigenvalue weighted by molar-refractivity contribution is 5.71. The van der Waals surface area contributed by atoms with E-state index in [9.17, 15) is 14.7 Å². The van der Waals surface area contributed by atoms with E-state index in [4.69, 9.17) is 14.2 Å². The van der Waals surface area contributed by atoms with Gasteiger partial charge in [-0.2, -0.15) is 0 Å². The second kappa shape index (κ2) is 11.4. The van der Waals surface area contributed by atoms with Crippen LogP contribution in [-0.4, -0.2) is 35.5 Å². The number of hydrogen-bond donors (Lipinski definition) is 2. The summed E-state index contributed by atoms with van der Waals surface area (Å²) in [7, 11) is 0. The summed E-state index contributed by atoms with van der Waals surface area (Å²) in [6.07, 6.45) is -2.15. The minimum atomic E-state index is -1.19. The molecule has 31 heavy (non-hydrogen) atoms. The lowest BCUT2D eigenvalue weighted by atomic mass is 9.99.